The van der Waals surface area contributed by atoms with Crippen molar-refractivity contribution in [2.75, 3.05) is 20.1 Å². The van der Waals surface area contributed by atoms with Crippen molar-refractivity contribution in [2.45, 2.75) is 63.9 Å². The Hall–Kier alpha value is -3.10. The van der Waals surface area contributed by atoms with Crippen molar-refractivity contribution in [3.8, 4) is 11.4 Å². The molecule has 2 aromatic heterocycles. The van der Waals surface area contributed by atoms with Gasteiger partial charge in [-0.1, -0.05) is 50.2 Å². The number of aliphatic hydroxyl groups is 1. The molecule has 8 nitrogen and oxygen atoms in total. The van der Waals surface area contributed by atoms with E-state index in [-0.39, 0.29) is 11.8 Å². The molecule has 1 aromatic carbocycles. The lowest BCUT2D eigenvalue weighted by Gasteiger charge is -2.55. The number of carboxylic acid groups (broad SMARTS) is 1. The molecule has 1 aliphatic carbocycles. The SMILES string of the molecule is CC(C)c1ccc(C(O)(c2cncc(-c3noc(C4CCC(C(=O)O)CC4)n3)c2)C2(C)CN(C)C2)cc1. The number of carbonyl (C=O) groups is 1. The van der Waals surface area contributed by atoms with E-state index in [1.54, 1.807) is 12.4 Å². The summed E-state index contributed by atoms with van der Waals surface area (Å²) in [4.78, 5) is 22.6. The maximum Gasteiger partial charge on any atom is 0.306 e. The van der Waals surface area contributed by atoms with Crippen molar-refractivity contribution in [1.29, 1.82) is 0 Å². The van der Waals surface area contributed by atoms with Gasteiger partial charge < -0.3 is 19.6 Å². The van der Waals surface area contributed by atoms with Gasteiger partial charge in [0.15, 0.2) is 0 Å². The minimum atomic E-state index is -1.25. The van der Waals surface area contributed by atoms with Crippen LogP contribution in [0.4, 0.5) is 0 Å². The molecule has 3 heterocycles. The largest absolute Gasteiger partial charge is 0.481 e. The van der Waals surface area contributed by atoms with E-state index in [4.69, 9.17) is 4.52 Å². The van der Waals surface area contributed by atoms with Gasteiger partial charge >= 0.3 is 5.97 Å². The van der Waals surface area contributed by atoms with Crippen LogP contribution in [0.3, 0.4) is 0 Å². The Morgan fingerprint density at radius 3 is 2.38 bits per heavy atom. The van der Waals surface area contributed by atoms with E-state index in [1.165, 1.54) is 5.56 Å². The van der Waals surface area contributed by atoms with Gasteiger partial charge in [-0.25, -0.2) is 0 Å². The van der Waals surface area contributed by atoms with Crippen molar-refractivity contribution in [3.63, 3.8) is 0 Å². The zero-order valence-corrected chi connectivity index (χ0v) is 22.0. The number of rotatable bonds is 7. The maximum atomic E-state index is 12.5. The number of pyridine rings is 1. The van der Waals surface area contributed by atoms with Crippen LogP contribution in [0.25, 0.3) is 11.4 Å². The monoisotopic (exact) mass is 504 g/mol. The third-order valence-corrected chi connectivity index (χ3v) is 8.39. The smallest absolute Gasteiger partial charge is 0.306 e. The molecule has 1 saturated carbocycles. The Morgan fingerprint density at radius 1 is 1.11 bits per heavy atom. The van der Waals surface area contributed by atoms with E-state index in [2.05, 4.69) is 60.0 Å². The first-order chi connectivity index (χ1) is 17.6. The Labute approximate surface area is 217 Å². The Kier molecular flexibility index (Phi) is 6.66. The number of hydrogen-bond donors (Lipinski definition) is 2. The second-order valence-corrected chi connectivity index (χ2v) is 11.5. The van der Waals surface area contributed by atoms with Crippen LogP contribution >= 0.6 is 0 Å². The summed E-state index contributed by atoms with van der Waals surface area (Å²) >= 11 is 0. The topological polar surface area (TPSA) is 113 Å². The van der Waals surface area contributed by atoms with Crippen molar-refractivity contribution in [2.24, 2.45) is 11.3 Å². The minimum Gasteiger partial charge on any atom is -0.481 e. The molecule has 37 heavy (non-hydrogen) atoms. The number of carboxylic acids is 1. The molecule has 1 atom stereocenters. The van der Waals surface area contributed by atoms with Crippen LogP contribution in [-0.4, -0.2) is 56.3 Å². The Balaban J connectivity index is 1.46. The van der Waals surface area contributed by atoms with Crippen molar-refractivity contribution < 1.29 is 19.5 Å². The highest BCUT2D eigenvalue weighted by atomic mass is 16.5. The van der Waals surface area contributed by atoms with Crippen LogP contribution in [-0.2, 0) is 10.4 Å². The van der Waals surface area contributed by atoms with E-state index in [9.17, 15) is 15.0 Å². The molecule has 0 radical (unpaired) electrons. The van der Waals surface area contributed by atoms with Crippen LogP contribution in [0, 0.1) is 11.3 Å². The fourth-order valence-corrected chi connectivity index (χ4v) is 6.21. The summed E-state index contributed by atoms with van der Waals surface area (Å²) < 4.78 is 5.61. The van der Waals surface area contributed by atoms with Crippen LogP contribution in [0.2, 0.25) is 0 Å². The van der Waals surface area contributed by atoms with E-state index in [1.807, 2.05) is 18.2 Å². The van der Waals surface area contributed by atoms with Gasteiger partial charge in [0.25, 0.3) is 0 Å². The Bertz CT molecular complexity index is 1260. The average Bonchev–Trinajstić information content (AvgIpc) is 3.38. The summed E-state index contributed by atoms with van der Waals surface area (Å²) in [6.07, 6.45) is 6.09. The van der Waals surface area contributed by atoms with Crippen LogP contribution in [0.1, 0.15) is 80.9 Å². The Morgan fingerprint density at radius 2 is 1.78 bits per heavy atom. The fourth-order valence-electron chi connectivity index (χ4n) is 6.21. The first-order valence-electron chi connectivity index (χ1n) is 13.1. The fraction of sp³-hybridized carbons (Fsp3) is 0.517. The summed E-state index contributed by atoms with van der Waals surface area (Å²) in [6.45, 7) is 7.95. The summed E-state index contributed by atoms with van der Waals surface area (Å²) in [6, 6.07) is 10.2. The molecule has 0 bridgehead atoms. The van der Waals surface area contributed by atoms with E-state index in [0.717, 1.165) is 31.5 Å². The first kappa shape index (κ1) is 25.5. The molecule has 0 spiro atoms. The predicted octanol–water partition coefficient (Wildman–Crippen LogP) is 4.80. The lowest BCUT2D eigenvalue weighted by molar-refractivity contribution is -0.142. The zero-order chi connectivity index (χ0) is 26.4. The van der Waals surface area contributed by atoms with Gasteiger partial charge in [0, 0.05) is 47.9 Å². The minimum absolute atomic E-state index is 0.0637. The van der Waals surface area contributed by atoms with Crippen molar-refractivity contribution >= 4 is 5.97 Å². The van der Waals surface area contributed by atoms with Gasteiger partial charge in [-0.15, -0.1) is 0 Å². The quantitative estimate of drug-likeness (QED) is 0.472. The third kappa shape index (κ3) is 4.57. The van der Waals surface area contributed by atoms with E-state index in [0.29, 0.717) is 41.6 Å². The highest BCUT2D eigenvalue weighted by molar-refractivity contribution is 5.70. The molecule has 1 saturated heterocycles. The van der Waals surface area contributed by atoms with Crippen LogP contribution < -0.4 is 0 Å². The number of benzene rings is 1. The van der Waals surface area contributed by atoms with Gasteiger partial charge in [0.05, 0.1) is 5.92 Å². The van der Waals surface area contributed by atoms with Gasteiger partial charge in [0.2, 0.25) is 11.7 Å². The predicted molar refractivity (Wildman–Crippen MR) is 139 cm³/mol. The van der Waals surface area contributed by atoms with Crippen molar-refractivity contribution in [3.05, 3.63) is 65.3 Å². The van der Waals surface area contributed by atoms with E-state index < -0.39 is 17.0 Å². The lowest BCUT2D eigenvalue weighted by atomic mass is 9.62. The highest BCUT2D eigenvalue weighted by Crippen LogP contribution is 2.50. The normalized spacial score (nSPS) is 23.4. The first-order valence-corrected chi connectivity index (χ1v) is 13.1. The standard InChI is InChI=1S/C29H36N4O4/c1-18(2)19-9-11-23(12-10-19)29(36,28(3)16-33(4)17-28)24-13-22(14-30-15-24)25-31-26(37-32-25)20-5-7-21(8-6-20)27(34)35/h9-15,18,20-21,36H,5-8,16-17H2,1-4H3,(H,34,35). The average molecular weight is 505 g/mol. The molecule has 2 fully saturated rings. The molecule has 5 rings (SSSR count). The number of hydrogen-bond acceptors (Lipinski definition) is 7. The summed E-state index contributed by atoms with van der Waals surface area (Å²) in [7, 11) is 2.06. The molecule has 3 aromatic rings. The second-order valence-electron chi connectivity index (χ2n) is 11.5. The van der Waals surface area contributed by atoms with Crippen molar-refractivity contribution in [1.82, 2.24) is 20.0 Å². The molecule has 8 heteroatoms. The number of aromatic nitrogens is 3. The number of nitrogens with zero attached hydrogens (tertiary/aromatic N) is 4. The van der Waals surface area contributed by atoms with Crippen LogP contribution in [0.15, 0.2) is 47.2 Å². The van der Waals surface area contributed by atoms with Gasteiger partial charge in [-0.2, -0.15) is 4.98 Å². The van der Waals surface area contributed by atoms with Crippen LogP contribution in [0.5, 0.6) is 0 Å². The van der Waals surface area contributed by atoms with Gasteiger partial charge in [-0.3, -0.25) is 9.78 Å². The second kappa shape index (κ2) is 9.65. The van der Waals surface area contributed by atoms with E-state index >= 15 is 0 Å². The molecule has 2 N–H and O–H groups in total. The molecular formula is C29H36N4O4. The molecule has 0 amide bonds. The summed E-state index contributed by atoms with van der Waals surface area (Å²) in [5.41, 5.74) is 1.80. The lowest BCUT2D eigenvalue weighted by Crippen LogP contribution is -2.63. The number of likely N-dealkylation sites (tertiary alicyclic amines) is 1. The number of aliphatic carboxylic acids is 1. The zero-order valence-electron chi connectivity index (χ0n) is 22.0. The molecule has 2 aliphatic rings. The molecular weight excluding hydrogens is 468 g/mol. The third-order valence-electron chi connectivity index (χ3n) is 8.39. The maximum absolute atomic E-state index is 12.5. The molecule has 196 valence electrons. The van der Waals surface area contributed by atoms with Gasteiger partial charge in [0.1, 0.15) is 5.60 Å². The summed E-state index contributed by atoms with van der Waals surface area (Å²) in [5, 5.41) is 25.9. The molecule has 1 aliphatic heterocycles. The molecule has 1 unspecified atom stereocenters. The highest BCUT2D eigenvalue weighted by Gasteiger charge is 2.55. The van der Waals surface area contributed by atoms with Gasteiger partial charge in [-0.05, 0) is 55.8 Å². The summed E-state index contributed by atoms with van der Waals surface area (Å²) in [5.74, 6) is 0.413.